The molecule has 9 aromatic rings. The molecule has 0 radical (unpaired) electrons. The first-order valence-corrected chi connectivity index (χ1v) is 16.5. The molecule has 0 unspecified atom stereocenters. The van der Waals surface area contributed by atoms with E-state index in [2.05, 4.69) is 112 Å². The van der Waals surface area contributed by atoms with Gasteiger partial charge in [-0.15, -0.1) is 0 Å². The summed E-state index contributed by atoms with van der Waals surface area (Å²) in [5, 5.41) is 9.44. The fourth-order valence-electron chi connectivity index (χ4n) is 7.27. The Balaban J connectivity index is 1.41. The zero-order valence-electron chi connectivity index (χ0n) is 25.3. The molecule has 9 rings (SSSR count). The van der Waals surface area contributed by atoms with Crippen LogP contribution >= 0.6 is 15.9 Å². The normalized spacial score (nSPS) is 11.6. The summed E-state index contributed by atoms with van der Waals surface area (Å²) in [5.74, 6) is -0.284. The molecular weight excluding hydrogens is 641 g/mol. The van der Waals surface area contributed by atoms with Gasteiger partial charge in [0.25, 0.3) is 0 Å². The summed E-state index contributed by atoms with van der Waals surface area (Å²) in [6, 6.07) is 55.8. The third kappa shape index (κ3) is 4.42. The highest BCUT2D eigenvalue weighted by Crippen LogP contribution is 2.50. The standard InChI is InChI=1S/C44H27BrFN/c45-38-24-21-30-20-22-36-40(25-23-35-33-18-10-11-19-34(33)43(38)41(30)42(35)36)47(32-16-8-3-9-17-32)44-37(29-14-6-2-7-15-29)26-31(27-39(44)46)28-12-4-1-5-13-28/h1-27H. The van der Waals surface area contributed by atoms with Gasteiger partial charge in [0.1, 0.15) is 5.82 Å². The van der Waals surface area contributed by atoms with Crippen LogP contribution in [0.25, 0.3) is 65.3 Å². The molecule has 0 heterocycles. The quantitative estimate of drug-likeness (QED) is 0.130. The average molecular weight is 669 g/mol. The Bertz CT molecular complexity index is 2580. The molecule has 0 bridgehead atoms. The summed E-state index contributed by atoms with van der Waals surface area (Å²) in [4.78, 5) is 2.11. The van der Waals surface area contributed by atoms with Gasteiger partial charge in [-0.2, -0.15) is 0 Å². The molecule has 0 spiro atoms. The number of rotatable bonds is 5. The third-order valence-corrected chi connectivity index (χ3v) is 9.97. The molecule has 3 heteroatoms. The predicted octanol–water partition coefficient (Wildman–Crippen LogP) is 13.4. The Labute approximate surface area is 280 Å². The first kappa shape index (κ1) is 27.8. The van der Waals surface area contributed by atoms with Gasteiger partial charge < -0.3 is 4.90 Å². The Morgan fingerprint density at radius 1 is 0.447 bits per heavy atom. The summed E-state index contributed by atoms with van der Waals surface area (Å²) in [6.07, 6.45) is 0. The van der Waals surface area contributed by atoms with Crippen molar-refractivity contribution in [3.63, 3.8) is 0 Å². The van der Waals surface area contributed by atoms with Gasteiger partial charge >= 0.3 is 0 Å². The van der Waals surface area contributed by atoms with Crippen molar-refractivity contribution in [3.05, 3.63) is 174 Å². The van der Waals surface area contributed by atoms with Gasteiger partial charge in [0.2, 0.25) is 0 Å². The fraction of sp³-hybridized carbons (Fsp3) is 0. The fourth-order valence-corrected chi connectivity index (χ4v) is 7.81. The summed E-state index contributed by atoms with van der Waals surface area (Å²) < 4.78 is 18.2. The van der Waals surface area contributed by atoms with Crippen molar-refractivity contribution in [1.82, 2.24) is 0 Å². The van der Waals surface area contributed by atoms with Crippen LogP contribution in [-0.2, 0) is 0 Å². The molecule has 1 nitrogen and oxygen atoms in total. The van der Waals surface area contributed by atoms with Crippen molar-refractivity contribution in [1.29, 1.82) is 0 Å². The summed E-state index contributed by atoms with van der Waals surface area (Å²) >= 11 is 3.89. The number of nitrogens with zero attached hydrogens (tertiary/aromatic N) is 1. The molecule has 0 aliphatic carbocycles. The maximum Gasteiger partial charge on any atom is 0.148 e. The molecule has 0 N–H and O–H groups in total. The van der Waals surface area contributed by atoms with Gasteiger partial charge in [-0.3, -0.25) is 0 Å². The lowest BCUT2D eigenvalue weighted by molar-refractivity contribution is 0.630. The van der Waals surface area contributed by atoms with E-state index in [0.29, 0.717) is 5.69 Å². The van der Waals surface area contributed by atoms with E-state index in [1.54, 1.807) is 6.07 Å². The van der Waals surface area contributed by atoms with Gasteiger partial charge in [0.05, 0.1) is 11.4 Å². The van der Waals surface area contributed by atoms with Crippen LogP contribution in [0.4, 0.5) is 21.5 Å². The Morgan fingerprint density at radius 2 is 1.04 bits per heavy atom. The first-order valence-electron chi connectivity index (χ1n) is 15.7. The van der Waals surface area contributed by atoms with E-state index in [1.165, 1.54) is 37.7 Å². The van der Waals surface area contributed by atoms with E-state index in [1.807, 2.05) is 66.7 Å². The topological polar surface area (TPSA) is 3.24 Å². The number of fused-ring (bicyclic) bond motifs is 3. The molecule has 222 valence electrons. The predicted molar refractivity (Wildman–Crippen MR) is 201 cm³/mol. The van der Waals surface area contributed by atoms with Gasteiger partial charge in [-0.25, -0.2) is 4.39 Å². The second-order valence-corrected chi connectivity index (χ2v) is 12.8. The maximum absolute atomic E-state index is 17.1. The minimum Gasteiger partial charge on any atom is -0.307 e. The molecule has 47 heavy (non-hydrogen) atoms. The lowest BCUT2D eigenvalue weighted by atomic mass is 9.88. The lowest BCUT2D eigenvalue weighted by Crippen LogP contribution is -2.14. The van der Waals surface area contributed by atoms with E-state index in [4.69, 9.17) is 0 Å². The van der Waals surface area contributed by atoms with Crippen LogP contribution < -0.4 is 4.90 Å². The van der Waals surface area contributed by atoms with Gasteiger partial charge in [-0.1, -0.05) is 143 Å². The zero-order valence-corrected chi connectivity index (χ0v) is 26.9. The lowest BCUT2D eigenvalue weighted by Gasteiger charge is -2.30. The first-order chi connectivity index (χ1) is 23.2. The molecule has 0 fully saturated rings. The Hall–Kier alpha value is -5.51. The van der Waals surface area contributed by atoms with Crippen molar-refractivity contribution in [2.75, 3.05) is 4.90 Å². The zero-order chi connectivity index (χ0) is 31.5. The molecule has 0 aromatic heterocycles. The molecular formula is C44H27BrFN. The number of halogens is 2. The maximum atomic E-state index is 17.1. The van der Waals surface area contributed by atoms with Crippen LogP contribution in [0.3, 0.4) is 0 Å². The van der Waals surface area contributed by atoms with Gasteiger partial charge in [0.15, 0.2) is 0 Å². The van der Waals surface area contributed by atoms with Crippen LogP contribution in [0, 0.1) is 5.82 Å². The Kier molecular flexibility index (Phi) is 6.55. The van der Waals surface area contributed by atoms with Crippen LogP contribution in [-0.4, -0.2) is 0 Å². The number of hydrogen-bond acceptors (Lipinski definition) is 1. The van der Waals surface area contributed by atoms with Crippen LogP contribution in [0.5, 0.6) is 0 Å². The summed E-state index contributed by atoms with van der Waals surface area (Å²) in [5.41, 5.74) is 5.91. The van der Waals surface area contributed by atoms with E-state index in [9.17, 15) is 0 Å². The molecule has 0 amide bonds. The smallest absolute Gasteiger partial charge is 0.148 e. The molecule has 0 saturated heterocycles. The van der Waals surface area contributed by atoms with E-state index in [0.717, 1.165) is 43.5 Å². The Morgan fingerprint density at radius 3 is 1.79 bits per heavy atom. The van der Waals surface area contributed by atoms with Crippen LogP contribution in [0.15, 0.2) is 168 Å². The van der Waals surface area contributed by atoms with Gasteiger partial charge in [-0.05, 0) is 80.0 Å². The van der Waals surface area contributed by atoms with Crippen molar-refractivity contribution in [3.8, 4) is 22.3 Å². The van der Waals surface area contributed by atoms with Crippen LogP contribution in [0.1, 0.15) is 0 Å². The van der Waals surface area contributed by atoms with E-state index < -0.39 is 0 Å². The van der Waals surface area contributed by atoms with E-state index in [-0.39, 0.29) is 5.82 Å². The van der Waals surface area contributed by atoms with Crippen LogP contribution in [0.2, 0.25) is 0 Å². The second kappa shape index (κ2) is 11.1. The summed E-state index contributed by atoms with van der Waals surface area (Å²) in [6.45, 7) is 0. The van der Waals surface area contributed by atoms with Crippen molar-refractivity contribution in [2.45, 2.75) is 0 Å². The average Bonchev–Trinajstić information content (AvgIpc) is 3.13. The van der Waals surface area contributed by atoms with Gasteiger partial charge in [0, 0.05) is 31.9 Å². The number of hydrogen-bond donors (Lipinski definition) is 0. The monoisotopic (exact) mass is 667 g/mol. The molecule has 0 aliphatic heterocycles. The molecule has 0 aliphatic rings. The van der Waals surface area contributed by atoms with Crippen molar-refractivity contribution >= 4 is 76.1 Å². The minimum atomic E-state index is -0.284. The number of benzene rings is 9. The minimum absolute atomic E-state index is 0.284. The van der Waals surface area contributed by atoms with Crippen molar-refractivity contribution < 1.29 is 4.39 Å². The highest BCUT2D eigenvalue weighted by molar-refractivity contribution is 9.10. The molecule has 9 aromatic carbocycles. The number of anilines is 3. The SMILES string of the molecule is Fc1cc(-c2ccccc2)cc(-c2ccccc2)c1N(c1ccccc1)c1ccc2c3ccccc3c3c(Br)ccc4ccc1c2c43. The van der Waals surface area contributed by atoms with E-state index >= 15 is 4.39 Å². The van der Waals surface area contributed by atoms with Crippen molar-refractivity contribution in [2.24, 2.45) is 0 Å². The summed E-state index contributed by atoms with van der Waals surface area (Å²) in [7, 11) is 0. The highest BCUT2D eigenvalue weighted by Gasteiger charge is 2.26. The second-order valence-electron chi connectivity index (χ2n) is 11.9. The molecule has 0 saturated carbocycles. The number of para-hydroxylation sites is 1. The largest absolute Gasteiger partial charge is 0.307 e. The highest BCUT2D eigenvalue weighted by atomic mass is 79.9. The molecule has 0 atom stereocenters. The third-order valence-electron chi connectivity index (χ3n) is 9.31.